The van der Waals surface area contributed by atoms with E-state index in [1.165, 1.54) is 44.9 Å². The van der Waals surface area contributed by atoms with E-state index in [4.69, 9.17) is 0 Å². The second-order valence-corrected chi connectivity index (χ2v) is 5.69. The van der Waals surface area contributed by atoms with E-state index in [1.807, 2.05) is 0 Å². The zero-order chi connectivity index (χ0) is 11.4. The summed E-state index contributed by atoms with van der Waals surface area (Å²) in [6, 6.07) is 3.22. The van der Waals surface area contributed by atoms with Gasteiger partial charge in [0.15, 0.2) is 0 Å². The fraction of sp³-hybridized carbons (Fsp3) is 0.929. The van der Waals surface area contributed by atoms with E-state index in [0.29, 0.717) is 6.04 Å². The Bertz CT molecular complexity index is 262. The van der Waals surface area contributed by atoms with Crippen molar-refractivity contribution in [1.82, 2.24) is 5.32 Å². The number of hydrogen-bond acceptors (Lipinski definition) is 2. The van der Waals surface area contributed by atoms with Gasteiger partial charge in [-0.1, -0.05) is 39.0 Å². The number of nitrogens with zero attached hydrogens (tertiary/aromatic N) is 1. The molecule has 0 saturated heterocycles. The molecule has 0 aromatic carbocycles. The fourth-order valence-corrected chi connectivity index (χ4v) is 3.46. The molecule has 2 heteroatoms. The highest BCUT2D eigenvalue weighted by atomic mass is 15.0. The molecule has 2 fully saturated rings. The normalized spacial score (nSPS) is 36.1. The van der Waals surface area contributed by atoms with Crippen LogP contribution in [0.5, 0.6) is 0 Å². The molecule has 2 rings (SSSR count). The van der Waals surface area contributed by atoms with E-state index < -0.39 is 0 Å². The van der Waals surface area contributed by atoms with Gasteiger partial charge in [0, 0.05) is 6.04 Å². The summed E-state index contributed by atoms with van der Waals surface area (Å²) >= 11 is 0. The van der Waals surface area contributed by atoms with Gasteiger partial charge in [-0.05, 0) is 31.6 Å². The monoisotopic (exact) mass is 220 g/mol. The maximum Gasteiger partial charge on any atom is 0.107 e. The summed E-state index contributed by atoms with van der Waals surface area (Å²) in [6.45, 7) is 2.26. The molecule has 0 aromatic rings. The third kappa shape index (κ3) is 2.58. The molecular weight excluding hydrogens is 196 g/mol. The summed E-state index contributed by atoms with van der Waals surface area (Å²) in [5, 5.41) is 13.2. The molecule has 16 heavy (non-hydrogen) atoms. The van der Waals surface area contributed by atoms with Gasteiger partial charge >= 0.3 is 0 Å². The van der Waals surface area contributed by atoms with Crippen LogP contribution in [-0.4, -0.2) is 11.6 Å². The summed E-state index contributed by atoms with van der Waals surface area (Å²) in [5.41, 5.74) is -0.187. The smallest absolute Gasteiger partial charge is 0.107 e. The minimum atomic E-state index is -0.187. The Labute approximate surface area is 99.4 Å². The quantitative estimate of drug-likeness (QED) is 0.791. The van der Waals surface area contributed by atoms with Crippen LogP contribution in [0.3, 0.4) is 0 Å². The van der Waals surface area contributed by atoms with E-state index in [2.05, 4.69) is 18.3 Å². The first-order chi connectivity index (χ1) is 7.78. The molecule has 1 N–H and O–H groups in total. The molecule has 2 nitrogen and oxygen atoms in total. The highest BCUT2D eigenvalue weighted by Crippen LogP contribution is 2.35. The summed E-state index contributed by atoms with van der Waals surface area (Å²) in [5.74, 6) is 0.766. The Morgan fingerprint density at radius 3 is 2.62 bits per heavy atom. The van der Waals surface area contributed by atoms with Gasteiger partial charge < -0.3 is 0 Å². The van der Waals surface area contributed by atoms with Gasteiger partial charge in [0.25, 0.3) is 0 Å². The SMILES string of the molecule is CCC1CCCC(C#N)(NC2CCCC2)C1. The molecule has 2 atom stereocenters. The first-order valence-corrected chi connectivity index (χ1v) is 6.97. The van der Waals surface area contributed by atoms with Crippen LogP contribution in [-0.2, 0) is 0 Å². The van der Waals surface area contributed by atoms with Crippen LogP contribution in [0.4, 0.5) is 0 Å². The summed E-state index contributed by atoms with van der Waals surface area (Å²) in [4.78, 5) is 0. The van der Waals surface area contributed by atoms with Crippen LogP contribution in [0, 0.1) is 17.2 Å². The molecule has 0 aliphatic heterocycles. The summed E-state index contributed by atoms with van der Waals surface area (Å²) in [6.07, 6.45) is 11.2. The maximum absolute atomic E-state index is 9.50. The minimum Gasteiger partial charge on any atom is -0.297 e. The Morgan fingerprint density at radius 1 is 1.25 bits per heavy atom. The predicted molar refractivity (Wildman–Crippen MR) is 66.0 cm³/mol. The average Bonchev–Trinajstić information content (AvgIpc) is 2.82. The van der Waals surface area contributed by atoms with E-state index in [-0.39, 0.29) is 5.54 Å². The van der Waals surface area contributed by atoms with Crippen molar-refractivity contribution in [3.63, 3.8) is 0 Å². The first-order valence-electron chi connectivity index (χ1n) is 6.97. The standard InChI is InChI=1S/C14H24N2/c1-2-12-6-5-9-14(10-12,11-15)16-13-7-3-4-8-13/h12-13,16H,2-10H2,1H3. The minimum absolute atomic E-state index is 0.187. The van der Waals surface area contributed by atoms with Gasteiger partial charge in [-0.15, -0.1) is 0 Å². The molecule has 90 valence electrons. The molecule has 0 radical (unpaired) electrons. The van der Waals surface area contributed by atoms with Crippen molar-refractivity contribution in [2.24, 2.45) is 5.92 Å². The molecular formula is C14H24N2. The fourth-order valence-electron chi connectivity index (χ4n) is 3.46. The van der Waals surface area contributed by atoms with Crippen molar-refractivity contribution in [2.75, 3.05) is 0 Å². The topological polar surface area (TPSA) is 35.8 Å². The number of nitriles is 1. The molecule has 2 unspecified atom stereocenters. The van der Waals surface area contributed by atoms with Crippen LogP contribution in [0.1, 0.15) is 64.7 Å². The zero-order valence-electron chi connectivity index (χ0n) is 10.5. The van der Waals surface area contributed by atoms with Crippen molar-refractivity contribution < 1.29 is 0 Å². The van der Waals surface area contributed by atoms with Crippen LogP contribution in [0.25, 0.3) is 0 Å². The van der Waals surface area contributed by atoms with Crippen LogP contribution in [0.15, 0.2) is 0 Å². The lowest BCUT2D eigenvalue weighted by Gasteiger charge is -2.38. The van der Waals surface area contributed by atoms with E-state index in [1.54, 1.807) is 0 Å². The van der Waals surface area contributed by atoms with Gasteiger partial charge in [-0.25, -0.2) is 0 Å². The second-order valence-electron chi connectivity index (χ2n) is 5.69. The number of hydrogen-bond donors (Lipinski definition) is 1. The molecule has 0 aromatic heterocycles. The van der Waals surface area contributed by atoms with Gasteiger partial charge in [-0.2, -0.15) is 5.26 Å². The molecule has 0 amide bonds. The zero-order valence-corrected chi connectivity index (χ0v) is 10.5. The van der Waals surface area contributed by atoms with E-state index in [9.17, 15) is 5.26 Å². The van der Waals surface area contributed by atoms with Crippen molar-refractivity contribution in [2.45, 2.75) is 76.3 Å². The van der Waals surface area contributed by atoms with Crippen molar-refractivity contribution >= 4 is 0 Å². The Morgan fingerprint density at radius 2 is 2.00 bits per heavy atom. The summed E-state index contributed by atoms with van der Waals surface area (Å²) < 4.78 is 0. The largest absolute Gasteiger partial charge is 0.297 e. The van der Waals surface area contributed by atoms with Gasteiger partial charge in [0.1, 0.15) is 5.54 Å². The Balaban J connectivity index is 1.97. The number of rotatable bonds is 3. The van der Waals surface area contributed by atoms with Gasteiger partial charge in [-0.3, -0.25) is 5.32 Å². The third-order valence-corrected chi connectivity index (χ3v) is 4.48. The lowest BCUT2D eigenvalue weighted by molar-refractivity contribution is 0.207. The van der Waals surface area contributed by atoms with Crippen molar-refractivity contribution in [3.8, 4) is 6.07 Å². The summed E-state index contributed by atoms with van der Waals surface area (Å²) in [7, 11) is 0. The predicted octanol–water partition coefficient (Wildman–Crippen LogP) is 3.38. The van der Waals surface area contributed by atoms with Gasteiger partial charge in [0.2, 0.25) is 0 Å². The van der Waals surface area contributed by atoms with Crippen molar-refractivity contribution in [3.05, 3.63) is 0 Å². The lowest BCUT2D eigenvalue weighted by Crippen LogP contribution is -2.51. The lowest BCUT2D eigenvalue weighted by atomic mass is 9.75. The van der Waals surface area contributed by atoms with Crippen molar-refractivity contribution in [1.29, 1.82) is 5.26 Å². The second kappa shape index (κ2) is 5.19. The molecule has 0 heterocycles. The highest BCUT2D eigenvalue weighted by Gasteiger charge is 2.37. The van der Waals surface area contributed by atoms with Gasteiger partial charge in [0.05, 0.1) is 6.07 Å². The number of nitrogens with one attached hydrogen (secondary N) is 1. The molecule has 0 bridgehead atoms. The van der Waals surface area contributed by atoms with E-state index >= 15 is 0 Å². The molecule has 0 spiro atoms. The average molecular weight is 220 g/mol. The Hall–Kier alpha value is -0.550. The first kappa shape index (κ1) is 11.9. The highest BCUT2D eigenvalue weighted by molar-refractivity contribution is 5.11. The molecule has 2 saturated carbocycles. The third-order valence-electron chi connectivity index (χ3n) is 4.48. The van der Waals surface area contributed by atoms with Crippen LogP contribution in [0.2, 0.25) is 0 Å². The maximum atomic E-state index is 9.50. The van der Waals surface area contributed by atoms with E-state index in [0.717, 1.165) is 18.8 Å². The molecule has 2 aliphatic rings. The molecule has 2 aliphatic carbocycles. The Kier molecular flexibility index (Phi) is 3.86. The van der Waals surface area contributed by atoms with Crippen LogP contribution >= 0.6 is 0 Å². The van der Waals surface area contributed by atoms with Crippen LogP contribution < -0.4 is 5.32 Å².